The first kappa shape index (κ1) is 17.5. The average molecular weight is 374 g/mol. The Balaban J connectivity index is 1.72. The Hall–Kier alpha value is -1.31. The molecule has 8 heteroatoms. The van der Waals surface area contributed by atoms with Crippen LogP contribution in [0, 0.1) is 0 Å². The summed E-state index contributed by atoms with van der Waals surface area (Å²) in [5.74, 6) is -0.0981. The lowest BCUT2D eigenvalue weighted by Gasteiger charge is -2.21. The fraction of sp³-hybridized carbons (Fsp3) is 0.562. The highest BCUT2D eigenvalue weighted by molar-refractivity contribution is 7.91. The molecule has 2 unspecified atom stereocenters. The minimum Gasteiger partial charge on any atom is -0.444 e. The lowest BCUT2D eigenvalue weighted by molar-refractivity contribution is 0.0560. The maximum atomic E-state index is 12.6. The third-order valence-electron chi connectivity index (χ3n) is 4.41. The molecule has 0 spiro atoms. The molecular formula is C16H20ClNO5S. The van der Waals surface area contributed by atoms with E-state index in [1.165, 1.54) is 4.90 Å². The molecule has 2 atom stereocenters. The second kappa shape index (κ2) is 7.29. The van der Waals surface area contributed by atoms with Crippen LogP contribution in [-0.2, 0) is 19.3 Å². The van der Waals surface area contributed by atoms with Crippen molar-refractivity contribution in [3.05, 3.63) is 34.9 Å². The Kier molecular flexibility index (Phi) is 5.32. The molecule has 3 rings (SSSR count). The zero-order chi connectivity index (χ0) is 17.2. The molecule has 1 amide bonds. The number of hydrogen-bond acceptors (Lipinski definition) is 5. The standard InChI is InChI=1S/C16H20ClNO5S/c17-14-4-2-1-3-13(14)15-5-7-18(8-10-24(15,20)21)16(19)23-12-6-9-22-11-12/h1-4,12,15H,5-11H2. The van der Waals surface area contributed by atoms with Crippen molar-refractivity contribution in [2.45, 2.75) is 24.2 Å². The lowest BCUT2D eigenvalue weighted by Crippen LogP contribution is -2.36. The third-order valence-corrected chi connectivity index (χ3v) is 6.86. The average Bonchev–Trinajstić information content (AvgIpc) is 2.98. The quantitative estimate of drug-likeness (QED) is 0.796. The van der Waals surface area contributed by atoms with E-state index in [-0.39, 0.29) is 18.4 Å². The predicted molar refractivity (Wildman–Crippen MR) is 89.9 cm³/mol. The van der Waals surface area contributed by atoms with Crippen LogP contribution in [0.5, 0.6) is 0 Å². The van der Waals surface area contributed by atoms with Gasteiger partial charge in [0, 0.05) is 24.5 Å². The highest BCUT2D eigenvalue weighted by atomic mass is 35.5. The van der Waals surface area contributed by atoms with Crippen LogP contribution < -0.4 is 0 Å². The van der Waals surface area contributed by atoms with Crippen molar-refractivity contribution >= 4 is 27.5 Å². The molecule has 2 saturated heterocycles. The van der Waals surface area contributed by atoms with Crippen LogP contribution in [0.3, 0.4) is 0 Å². The molecule has 0 bridgehead atoms. The van der Waals surface area contributed by atoms with E-state index < -0.39 is 21.2 Å². The molecule has 0 aliphatic carbocycles. The van der Waals surface area contributed by atoms with Gasteiger partial charge in [0.2, 0.25) is 0 Å². The minimum absolute atomic E-state index is 0.0981. The summed E-state index contributed by atoms with van der Waals surface area (Å²) in [5, 5.41) is -0.260. The number of carbonyl (C=O) groups is 1. The largest absolute Gasteiger partial charge is 0.444 e. The first-order valence-corrected chi connectivity index (χ1v) is 10.1. The van der Waals surface area contributed by atoms with Crippen molar-refractivity contribution in [3.8, 4) is 0 Å². The number of rotatable bonds is 2. The summed E-state index contributed by atoms with van der Waals surface area (Å²) in [4.78, 5) is 13.7. The third kappa shape index (κ3) is 3.84. The van der Waals surface area contributed by atoms with E-state index in [4.69, 9.17) is 21.1 Å². The van der Waals surface area contributed by atoms with Gasteiger partial charge in [-0.1, -0.05) is 29.8 Å². The van der Waals surface area contributed by atoms with E-state index in [2.05, 4.69) is 0 Å². The highest BCUT2D eigenvalue weighted by Crippen LogP contribution is 2.34. The topological polar surface area (TPSA) is 72.9 Å². The van der Waals surface area contributed by atoms with Gasteiger partial charge in [0.1, 0.15) is 6.10 Å². The first-order chi connectivity index (χ1) is 11.5. The van der Waals surface area contributed by atoms with Gasteiger partial charge in [-0.05, 0) is 18.1 Å². The Labute approximate surface area is 146 Å². The maximum Gasteiger partial charge on any atom is 0.410 e. The molecule has 6 nitrogen and oxygen atoms in total. The van der Waals surface area contributed by atoms with Gasteiger partial charge >= 0.3 is 6.09 Å². The van der Waals surface area contributed by atoms with Crippen LogP contribution in [0.1, 0.15) is 23.7 Å². The van der Waals surface area contributed by atoms with Gasteiger partial charge in [-0.15, -0.1) is 0 Å². The van der Waals surface area contributed by atoms with Crippen LogP contribution in [0.15, 0.2) is 24.3 Å². The van der Waals surface area contributed by atoms with Gasteiger partial charge in [-0.25, -0.2) is 13.2 Å². The molecule has 2 aliphatic rings. The van der Waals surface area contributed by atoms with Crippen molar-refractivity contribution in [3.63, 3.8) is 0 Å². The normalized spacial score (nSPS) is 26.8. The van der Waals surface area contributed by atoms with Crippen molar-refractivity contribution in [1.29, 1.82) is 0 Å². The zero-order valence-electron chi connectivity index (χ0n) is 13.2. The van der Waals surface area contributed by atoms with Crippen LogP contribution in [-0.4, -0.2) is 57.6 Å². The van der Waals surface area contributed by atoms with E-state index >= 15 is 0 Å². The Morgan fingerprint density at radius 2 is 2.04 bits per heavy atom. The van der Waals surface area contributed by atoms with Crippen LogP contribution in [0.25, 0.3) is 0 Å². The molecule has 1 aromatic rings. The molecular weight excluding hydrogens is 354 g/mol. The van der Waals surface area contributed by atoms with Gasteiger partial charge in [-0.2, -0.15) is 0 Å². The molecule has 132 valence electrons. The van der Waals surface area contributed by atoms with Crippen molar-refractivity contribution in [2.24, 2.45) is 0 Å². The Morgan fingerprint density at radius 1 is 1.25 bits per heavy atom. The SMILES string of the molecule is O=C(OC1CCOC1)N1CCC(c2ccccc2Cl)S(=O)(=O)CC1. The molecule has 2 heterocycles. The summed E-state index contributed by atoms with van der Waals surface area (Å²) in [7, 11) is -3.39. The van der Waals surface area contributed by atoms with Gasteiger partial charge in [0.05, 0.1) is 24.2 Å². The number of benzene rings is 1. The van der Waals surface area contributed by atoms with Crippen molar-refractivity contribution in [1.82, 2.24) is 4.90 Å². The molecule has 2 aliphatic heterocycles. The number of halogens is 1. The van der Waals surface area contributed by atoms with Crippen LogP contribution in [0.2, 0.25) is 5.02 Å². The van der Waals surface area contributed by atoms with Crippen LogP contribution in [0.4, 0.5) is 4.79 Å². The van der Waals surface area contributed by atoms with Gasteiger partial charge in [-0.3, -0.25) is 0 Å². The minimum atomic E-state index is -3.39. The molecule has 0 N–H and O–H groups in total. The number of sulfone groups is 1. The van der Waals surface area contributed by atoms with Gasteiger partial charge in [0.15, 0.2) is 9.84 Å². The van der Waals surface area contributed by atoms with Gasteiger partial charge in [0.25, 0.3) is 0 Å². The Morgan fingerprint density at radius 3 is 2.75 bits per heavy atom. The van der Waals surface area contributed by atoms with Gasteiger partial charge < -0.3 is 14.4 Å². The smallest absolute Gasteiger partial charge is 0.410 e. The molecule has 0 radical (unpaired) electrons. The summed E-state index contributed by atoms with van der Waals surface area (Å²) in [5.41, 5.74) is 0.596. The number of nitrogens with zero attached hydrogens (tertiary/aromatic N) is 1. The van der Waals surface area contributed by atoms with Crippen molar-refractivity contribution < 1.29 is 22.7 Å². The van der Waals surface area contributed by atoms with E-state index in [0.29, 0.717) is 43.2 Å². The summed E-state index contributed by atoms with van der Waals surface area (Å²) in [6.45, 7) is 1.44. The van der Waals surface area contributed by atoms with E-state index in [9.17, 15) is 13.2 Å². The van der Waals surface area contributed by atoms with Crippen LogP contribution >= 0.6 is 11.6 Å². The molecule has 2 fully saturated rings. The Bertz CT molecular complexity index is 702. The fourth-order valence-electron chi connectivity index (χ4n) is 3.03. The van der Waals surface area contributed by atoms with E-state index in [1.807, 2.05) is 0 Å². The monoisotopic (exact) mass is 373 g/mol. The summed E-state index contributed by atoms with van der Waals surface area (Å²) in [6, 6.07) is 6.95. The zero-order valence-corrected chi connectivity index (χ0v) is 14.8. The lowest BCUT2D eigenvalue weighted by atomic mass is 10.1. The molecule has 24 heavy (non-hydrogen) atoms. The second-order valence-electron chi connectivity index (χ2n) is 6.02. The molecule has 0 saturated carbocycles. The first-order valence-electron chi connectivity index (χ1n) is 7.96. The van der Waals surface area contributed by atoms with E-state index in [0.717, 1.165) is 0 Å². The predicted octanol–water partition coefficient (Wildman–Crippen LogP) is 2.43. The molecule has 1 aromatic carbocycles. The molecule has 0 aromatic heterocycles. The number of amides is 1. The number of carbonyl (C=O) groups excluding carboxylic acids is 1. The summed E-state index contributed by atoms with van der Waals surface area (Å²) >= 11 is 6.17. The fourth-order valence-corrected chi connectivity index (χ4v) is 5.18. The number of ether oxygens (including phenoxy) is 2. The summed E-state index contributed by atoms with van der Waals surface area (Å²) < 4.78 is 35.8. The van der Waals surface area contributed by atoms with Crippen molar-refractivity contribution in [2.75, 3.05) is 32.1 Å². The number of hydrogen-bond donors (Lipinski definition) is 0. The second-order valence-corrected chi connectivity index (χ2v) is 8.73. The van der Waals surface area contributed by atoms with E-state index in [1.54, 1.807) is 24.3 Å². The highest BCUT2D eigenvalue weighted by Gasteiger charge is 2.34. The summed E-state index contributed by atoms with van der Waals surface area (Å²) in [6.07, 6.45) is 0.278. The maximum absolute atomic E-state index is 12.6.